The molecule has 0 atom stereocenters. The Hall–Kier alpha value is -1.96. The van der Waals surface area contributed by atoms with Crippen LogP contribution in [0, 0.1) is 11.6 Å². The lowest BCUT2D eigenvalue weighted by Gasteiger charge is -2.10. The molecule has 0 aliphatic rings. The van der Waals surface area contributed by atoms with Crippen molar-refractivity contribution in [2.45, 2.75) is 18.4 Å². The van der Waals surface area contributed by atoms with Crippen LogP contribution in [0.3, 0.4) is 0 Å². The van der Waals surface area contributed by atoms with Crippen molar-refractivity contribution in [3.63, 3.8) is 0 Å². The Morgan fingerprint density at radius 1 is 1.30 bits per heavy atom. The third-order valence-electron chi connectivity index (χ3n) is 2.97. The summed E-state index contributed by atoms with van der Waals surface area (Å²) in [4.78, 5) is 27.2. The number of aromatic nitrogens is 1. The molecule has 0 saturated heterocycles. The van der Waals surface area contributed by atoms with Crippen molar-refractivity contribution in [3.8, 4) is 0 Å². The number of rotatable bonds is 6. The van der Waals surface area contributed by atoms with E-state index < -0.39 is 29.7 Å². The number of alkyl halides is 1. The fraction of sp³-hybridized carbons (Fsp3) is 0.333. The van der Waals surface area contributed by atoms with Gasteiger partial charge in [0.25, 0.3) is 0 Å². The number of pyridine rings is 1. The summed E-state index contributed by atoms with van der Waals surface area (Å²) >= 11 is 0.900. The van der Waals surface area contributed by atoms with Crippen LogP contribution in [0.4, 0.5) is 13.2 Å². The Morgan fingerprint density at radius 3 is 2.65 bits per heavy atom. The fourth-order valence-electron chi connectivity index (χ4n) is 1.96. The van der Waals surface area contributed by atoms with Crippen LogP contribution in [0.25, 0.3) is 10.9 Å². The molecule has 124 valence electrons. The molecule has 0 amide bonds. The summed E-state index contributed by atoms with van der Waals surface area (Å²) in [5.74, 6) is -3.20. The van der Waals surface area contributed by atoms with E-state index in [1.807, 2.05) is 0 Å². The van der Waals surface area contributed by atoms with Gasteiger partial charge in [-0.3, -0.25) is 9.18 Å². The van der Waals surface area contributed by atoms with Crippen LogP contribution in [0.15, 0.2) is 22.0 Å². The molecule has 2 aromatic rings. The van der Waals surface area contributed by atoms with Gasteiger partial charge in [0.15, 0.2) is 11.6 Å². The zero-order valence-corrected chi connectivity index (χ0v) is 13.1. The number of halogens is 3. The Bertz CT molecular complexity index is 792. The lowest BCUT2D eigenvalue weighted by Crippen LogP contribution is -2.21. The fourth-order valence-corrected chi connectivity index (χ4v) is 2.75. The number of benzene rings is 1. The van der Waals surface area contributed by atoms with E-state index in [0.29, 0.717) is 6.42 Å². The lowest BCUT2D eigenvalue weighted by atomic mass is 10.1. The van der Waals surface area contributed by atoms with Crippen molar-refractivity contribution in [2.75, 3.05) is 19.0 Å². The van der Waals surface area contributed by atoms with E-state index in [1.165, 1.54) is 0 Å². The minimum absolute atomic E-state index is 0.000812. The van der Waals surface area contributed by atoms with Gasteiger partial charge in [-0.15, -0.1) is 11.8 Å². The number of carbonyl (C=O) groups excluding carboxylic acids is 1. The second-order valence-corrected chi connectivity index (χ2v) is 5.75. The van der Waals surface area contributed by atoms with Crippen molar-refractivity contribution < 1.29 is 22.7 Å². The number of carbonyl (C=O) groups is 1. The highest BCUT2D eigenvalue weighted by Crippen LogP contribution is 2.23. The Balaban J connectivity index is 2.65. The molecule has 0 aliphatic carbocycles. The first-order valence-corrected chi connectivity index (χ1v) is 7.89. The van der Waals surface area contributed by atoms with Crippen molar-refractivity contribution >= 4 is 28.6 Å². The first kappa shape index (κ1) is 17.4. The Labute approximate surface area is 134 Å². The molecule has 23 heavy (non-hydrogen) atoms. The smallest absolute Gasteiger partial charge is 0.344 e. The molecule has 2 rings (SSSR count). The van der Waals surface area contributed by atoms with Crippen LogP contribution < -0.4 is 5.43 Å². The third kappa shape index (κ3) is 3.69. The second kappa shape index (κ2) is 7.54. The van der Waals surface area contributed by atoms with Crippen molar-refractivity contribution in [1.29, 1.82) is 0 Å². The van der Waals surface area contributed by atoms with Gasteiger partial charge in [0.05, 0.1) is 23.8 Å². The second-order valence-electron chi connectivity index (χ2n) is 4.64. The van der Waals surface area contributed by atoms with Crippen LogP contribution >= 0.6 is 11.8 Å². The predicted molar refractivity (Wildman–Crippen MR) is 81.8 cm³/mol. The largest absolute Gasteiger partial charge is 0.462 e. The highest BCUT2D eigenvalue weighted by atomic mass is 32.2. The molecule has 0 radical (unpaired) electrons. The minimum atomic E-state index is -1.19. The predicted octanol–water partition coefficient (Wildman–Crippen LogP) is 3.43. The number of esters is 1. The number of hydrogen-bond acceptors (Lipinski definition) is 4. The summed E-state index contributed by atoms with van der Waals surface area (Å²) in [6, 6.07) is 1.55. The molecule has 1 aromatic heterocycles. The maximum Gasteiger partial charge on any atom is 0.344 e. The molecule has 0 saturated carbocycles. The topological polar surface area (TPSA) is 59.2 Å². The average Bonchev–Trinajstić information content (AvgIpc) is 2.52. The van der Waals surface area contributed by atoms with E-state index in [0.717, 1.165) is 23.9 Å². The summed E-state index contributed by atoms with van der Waals surface area (Å²) in [5.41, 5.74) is -1.07. The van der Waals surface area contributed by atoms with Crippen molar-refractivity contribution in [2.24, 2.45) is 0 Å². The van der Waals surface area contributed by atoms with Crippen molar-refractivity contribution in [3.05, 3.63) is 39.6 Å². The SMILES string of the molecule is CCCOC(=O)c1c(SCCF)[nH]c2cc(F)c(F)cc2c1=O. The van der Waals surface area contributed by atoms with E-state index in [-0.39, 0.29) is 33.9 Å². The standard InChI is InChI=1S/C15H14F3NO3S/c1-2-4-22-15(21)12-13(20)8-6-9(17)10(18)7-11(8)19-14(12)23-5-3-16/h6-7H,2-5H2,1H3,(H,19,20). The molecule has 1 heterocycles. The molecule has 1 N–H and O–H groups in total. The van der Waals surface area contributed by atoms with Gasteiger partial charge < -0.3 is 9.72 Å². The van der Waals surface area contributed by atoms with Crippen LogP contribution in [0.2, 0.25) is 0 Å². The normalized spacial score (nSPS) is 11.0. The van der Waals surface area contributed by atoms with Crippen molar-refractivity contribution in [1.82, 2.24) is 4.98 Å². The van der Waals surface area contributed by atoms with Gasteiger partial charge in [0.1, 0.15) is 5.56 Å². The molecule has 0 aliphatic heterocycles. The van der Waals surface area contributed by atoms with Gasteiger partial charge in [0.2, 0.25) is 5.43 Å². The molecule has 1 aromatic carbocycles. The van der Waals surface area contributed by atoms with E-state index in [2.05, 4.69) is 4.98 Å². The summed E-state index contributed by atoms with van der Waals surface area (Å²) in [6.45, 7) is 1.22. The number of ether oxygens (including phenoxy) is 1. The molecule has 8 heteroatoms. The van der Waals surface area contributed by atoms with Gasteiger partial charge in [-0.1, -0.05) is 6.92 Å². The van der Waals surface area contributed by atoms with Gasteiger partial charge in [-0.25, -0.2) is 13.6 Å². The molecular weight excluding hydrogens is 331 g/mol. The molecule has 0 spiro atoms. The van der Waals surface area contributed by atoms with E-state index in [4.69, 9.17) is 4.74 Å². The number of nitrogens with one attached hydrogen (secondary N) is 1. The third-order valence-corrected chi connectivity index (χ3v) is 3.93. The number of thioether (sulfide) groups is 1. The summed E-state index contributed by atoms with van der Waals surface area (Å²) in [6.07, 6.45) is 0.560. The Morgan fingerprint density at radius 2 is 2.00 bits per heavy atom. The highest BCUT2D eigenvalue weighted by molar-refractivity contribution is 7.99. The van der Waals surface area contributed by atoms with Gasteiger partial charge in [0, 0.05) is 17.2 Å². The minimum Gasteiger partial charge on any atom is -0.462 e. The maximum absolute atomic E-state index is 13.4. The molecule has 0 unspecified atom stereocenters. The van der Waals surface area contributed by atoms with Gasteiger partial charge >= 0.3 is 5.97 Å². The van der Waals surface area contributed by atoms with Gasteiger partial charge in [-0.2, -0.15) is 0 Å². The summed E-state index contributed by atoms with van der Waals surface area (Å²) < 4.78 is 44.1. The quantitative estimate of drug-likeness (QED) is 0.644. The van der Waals surface area contributed by atoms with E-state index >= 15 is 0 Å². The average molecular weight is 345 g/mol. The first-order valence-electron chi connectivity index (χ1n) is 6.90. The van der Waals surface area contributed by atoms with E-state index in [9.17, 15) is 22.8 Å². The van der Waals surface area contributed by atoms with Crippen LogP contribution in [-0.4, -0.2) is 30.0 Å². The summed E-state index contributed by atoms with van der Waals surface area (Å²) in [5, 5.41) is -0.0933. The zero-order chi connectivity index (χ0) is 17.0. The lowest BCUT2D eigenvalue weighted by molar-refractivity contribution is 0.0499. The van der Waals surface area contributed by atoms with Gasteiger partial charge in [-0.05, 0) is 12.5 Å². The van der Waals surface area contributed by atoms with Crippen LogP contribution in [0.5, 0.6) is 0 Å². The molecular formula is C15H14F3NO3S. The Kier molecular flexibility index (Phi) is 5.70. The molecule has 0 fully saturated rings. The number of hydrogen-bond donors (Lipinski definition) is 1. The maximum atomic E-state index is 13.4. The number of fused-ring (bicyclic) bond motifs is 1. The monoisotopic (exact) mass is 345 g/mol. The molecule has 4 nitrogen and oxygen atoms in total. The first-order chi connectivity index (χ1) is 11.0. The number of H-pyrrole nitrogens is 1. The zero-order valence-electron chi connectivity index (χ0n) is 12.3. The molecule has 0 bridgehead atoms. The van der Waals surface area contributed by atoms with Crippen LogP contribution in [-0.2, 0) is 4.74 Å². The number of aromatic amines is 1. The van der Waals surface area contributed by atoms with E-state index in [1.54, 1.807) is 6.92 Å². The summed E-state index contributed by atoms with van der Waals surface area (Å²) in [7, 11) is 0. The highest BCUT2D eigenvalue weighted by Gasteiger charge is 2.22. The van der Waals surface area contributed by atoms with Crippen LogP contribution in [0.1, 0.15) is 23.7 Å².